The molecule has 3 N–H and O–H groups in total. The zero-order valence-corrected chi connectivity index (χ0v) is 11.8. The number of rotatable bonds is 5. The van der Waals surface area contributed by atoms with Crippen LogP contribution in [0.4, 0.5) is 14.5 Å². The second kappa shape index (κ2) is 7.04. The minimum absolute atomic E-state index is 0.107. The number of halogens is 2. The smallest absolute Gasteiger partial charge is 0.288 e. The number of nitrogens with two attached hydrogens (primary N) is 1. The van der Waals surface area contributed by atoms with Crippen LogP contribution in [0.15, 0.2) is 29.2 Å². The molecule has 1 aromatic carbocycles. The summed E-state index contributed by atoms with van der Waals surface area (Å²) in [7, 11) is 0. The Kier molecular flexibility index (Phi) is 5.37. The van der Waals surface area contributed by atoms with Crippen molar-refractivity contribution in [3.63, 3.8) is 0 Å². The van der Waals surface area contributed by atoms with Gasteiger partial charge in [0, 0.05) is 10.8 Å². The van der Waals surface area contributed by atoms with Gasteiger partial charge in [-0.3, -0.25) is 4.79 Å². The summed E-state index contributed by atoms with van der Waals surface area (Å²) in [5, 5.41) is 2.77. The summed E-state index contributed by atoms with van der Waals surface area (Å²) in [5.41, 5.74) is 6.12. The van der Waals surface area contributed by atoms with E-state index in [-0.39, 0.29) is 17.7 Å². The Balaban J connectivity index is 2.07. The first-order valence-corrected chi connectivity index (χ1v) is 7.54. The zero-order chi connectivity index (χ0) is 14.5. The normalized spacial score (nSPS) is 22.2. The lowest BCUT2D eigenvalue weighted by atomic mass is 9.95. The number of carbonyl (C=O) groups excluding carboxylic acids is 1. The van der Waals surface area contributed by atoms with E-state index in [0.717, 1.165) is 19.3 Å². The summed E-state index contributed by atoms with van der Waals surface area (Å²) in [4.78, 5) is 12.6. The lowest BCUT2D eigenvalue weighted by molar-refractivity contribution is -0.120. The van der Waals surface area contributed by atoms with E-state index in [1.165, 1.54) is 0 Å². The maximum Gasteiger partial charge on any atom is 0.288 e. The second-order valence-corrected chi connectivity index (χ2v) is 5.93. The highest BCUT2D eigenvalue weighted by Gasteiger charge is 2.32. The molecule has 0 bridgehead atoms. The predicted molar refractivity (Wildman–Crippen MR) is 76.8 cm³/mol. The van der Waals surface area contributed by atoms with Crippen LogP contribution in [-0.2, 0) is 4.79 Å². The van der Waals surface area contributed by atoms with E-state index in [1.54, 1.807) is 24.3 Å². The molecule has 1 saturated carbocycles. The largest absolute Gasteiger partial charge is 0.330 e. The lowest BCUT2D eigenvalue weighted by Crippen LogP contribution is -2.29. The van der Waals surface area contributed by atoms with E-state index in [1.807, 2.05) is 0 Å². The van der Waals surface area contributed by atoms with E-state index < -0.39 is 5.76 Å². The van der Waals surface area contributed by atoms with Gasteiger partial charge in [0.2, 0.25) is 5.91 Å². The number of benzene rings is 1. The van der Waals surface area contributed by atoms with E-state index in [2.05, 4.69) is 5.32 Å². The van der Waals surface area contributed by atoms with E-state index >= 15 is 0 Å². The van der Waals surface area contributed by atoms with Gasteiger partial charge in [-0.2, -0.15) is 8.78 Å². The van der Waals surface area contributed by atoms with Crippen LogP contribution in [0, 0.1) is 11.8 Å². The van der Waals surface area contributed by atoms with Crippen LogP contribution in [0.5, 0.6) is 0 Å². The third kappa shape index (κ3) is 3.70. The van der Waals surface area contributed by atoms with Crippen LogP contribution in [0.3, 0.4) is 0 Å². The molecule has 3 nitrogen and oxygen atoms in total. The van der Waals surface area contributed by atoms with Crippen LogP contribution in [0.2, 0.25) is 0 Å². The highest BCUT2D eigenvalue weighted by atomic mass is 32.2. The Morgan fingerprint density at radius 2 is 2.15 bits per heavy atom. The van der Waals surface area contributed by atoms with Crippen molar-refractivity contribution in [2.75, 3.05) is 11.9 Å². The quantitative estimate of drug-likeness (QED) is 0.820. The first-order chi connectivity index (χ1) is 9.61. The SMILES string of the molecule is NC[C@H]1CCC[C@H]1C(=O)Nc1ccccc1SC(F)F. The van der Waals surface area contributed by atoms with E-state index in [0.29, 0.717) is 28.9 Å². The number of thioether (sulfide) groups is 1. The van der Waals surface area contributed by atoms with Gasteiger partial charge >= 0.3 is 0 Å². The van der Waals surface area contributed by atoms with Gasteiger partial charge in [0.05, 0.1) is 5.69 Å². The first-order valence-electron chi connectivity index (χ1n) is 6.66. The number of alkyl halides is 2. The van der Waals surface area contributed by atoms with Gasteiger partial charge in [-0.1, -0.05) is 30.3 Å². The van der Waals surface area contributed by atoms with Crippen LogP contribution in [-0.4, -0.2) is 18.2 Å². The topological polar surface area (TPSA) is 55.1 Å². The molecular formula is C14H18F2N2OS. The summed E-state index contributed by atoms with van der Waals surface area (Å²) in [6.45, 7) is 0.492. The van der Waals surface area contributed by atoms with Gasteiger partial charge in [0.1, 0.15) is 0 Å². The second-order valence-electron chi connectivity index (χ2n) is 4.90. The van der Waals surface area contributed by atoms with Crippen molar-refractivity contribution < 1.29 is 13.6 Å². The number of carbonyl (C=O) groups is 1. The van der Waals surface area contributed by atoms with Gasteiger partial charge < -0.3 is 11.1 Å². The highest BCUT2D eigenvalue weighted by Crippen LogP contribution is 2.35. The minimum atomic E-state index is -2.50. The van der Waals surface area contributed by atoms with Crippen molar-refractivity contribution in [2.45, 2.75) is 29.9 Å². The third-order valence-electron chi connectivity index (χ3n) is 3.66. The molecule has 2 atom stereocenters. The zero-order valence-electron chi connectivity index (χ0n) is 11.0. The van der Waals surface area contributed by atoms with Crippen LogP contribution < -0.4 is 11.1 Å². The standard InChI is InChI=1S/C14H18F2N2OS/c15-14(16)20-12-7-2-1-6-11(12)18-13(19)10-5-3-4-9(10)8-17/h1-2,6-7,9-10,14H,3-5,8,17H2,(H,18,19)/t9-,10-/m1/s1. The fourth-order valence-corrected chi connectivity index (χ4v) is 3.25. The van der Waals surface area contributed by atoms with Gasteiger partial charge in [0.25, 0.3) is 5.76 Å². The van der Waals surface area contributed by atoms with Gasteiger partial charge in [-0.25, -0.2) is 0 Å². The molecule has 2 rings (SSSR count). The molecule has 0 spiro atoms. The van der Waals surface area contributed by atoms with Gasteiger partial charge in [0.15, 0.2) is 0 Å². The van der Waals surface area contributed by atoms with Crippen molar-refractivity contribution in [3.05, 3.63) is 24.3 Å². The van der Waals surface area contributed by atoms with Crippen molar-refractivity contribution in [2.24, 2.45) is 17.6 Å². The molecule has 1 fully saturated rings. The fourth-order valence-electron chi connectivity index (χ4n) is 2.66. The predicted octanol–water partition coefficient (Wildman–Crippen LogP) is 3.31. The van der Waals surface area contributed by atoms with E-state index in [9.17, 15) is 13.6 Å². The number of para-hydroxylation sites is 1. The number of nitrogens with one attached hydrogen (secondary N) is 1. The Morgan fingerprint density at radius 3 is 2.85 bits per heavy atom. The van der Waals surface area contributed by atoms with Crippen molar-refractivity contribution in [1.29, 1.82) is 0 Å². The van der Waals surface area contributed by atoms with E-state index in [4.69, 9.17) is 5.73 Å². The highest BCUT2D eigenvalue weighted by molar-refractivity contribution is 7.99. The molecular weight excluding hydrogens is 282 g/mol. The molecule has 0 unspecified atom stereocenters. The summed E-state index contributed by atoms with van der Waals surface area (Å²) in [6, 6.07) is 6.63. The average Bonchev–Trinajstić information content (AvgIpc) is 2.88. The maximum atomic E-state index is 12.5. The minimum Gasteiger partial charge on any atom is -0.330 e. The number of hydrogen-bond acceptors (Lipinski definition) is 3. The summed E-state index contributed by atoms with van der Waals surface area (Å²) < 4.78 is 25.0. The van der Waals surface area contributed by atoms with Crippen molar-refractivity contribution >= 4 is 23.4 Å². The number of amides is 1. The lowest BCUT2D eigenvalue weighted by Gasteiger charge is -2.18. The summed E-state index contributed by atoms with van der Waals surface area (Å²) >= 11 is 0.443. The van der Waals surface area contributed by atoms with Crippen molar-refractivity contribution in [1.82, 2.24) is 0 Å². The molecule has 1 amide bonds. The summed E-state index contributed by atoms with van der Waals surface area (Å²) in [6.07, 6.45) is 2.77. The van der Waals surface area contributed by atoms with Crippen LogP contribution in [0.1, 0.15) is 19.3 Å². The molecule has 0 aliphatic heterocycles. The Hall–Kier alpha value is -1.14. The number of hydrogen-bond donors (Lipinski definition) is 2. The van der Waals surface area contributed by atoms with Crippen LogP contribution in [0.25, 0.3) is 0 Å². The number of anilines is 1. The summed E-state index contributed by atoms with van der Waals surface area (Å²) in [5.74, 6) is -2.52. The molecule has 0 aromatic heterocycles. The first kappa shape index (κ1) is 15.3. The fraction of sp³-hybridized carbons (Fsp3) is 0.500. The Labute approximate surface area is 121 Å². The molecule has 1 aliphatic rings. The third-order valence-corrected chi connectivity index (χ3v) is 4.45. The molecule has 0 saturated heterocycles. The van der Waals surface area contributed by atoms with Gasteiger partial charge in [-0.05, 0) is 37.4 Å². The molecule has 0 radical (unpaired) electrons. The van der Waals surface area contributed by atoms with Crippen molar-refractivity contribution in [3.8, 4) is 0 Å². The molecule has 110 valence electrons. The van der Waals surface area contributed by atoms with Crippen LogP contribution >= 0.6 is 11.8 Å². The molecule has 6 heteroatoms. The molecule has 0 heterocycles. The molecule has 1 aliphatic carbocycles. The molecule has 20 heavy (non-hydrogen) atoms. The Morgan fingerprint density at radius 1 is 1.40 bits per heavy atom. The average molecular weight is 300 g/mol. The maximum absolute atomic E-state index is 12.5. The van der Waals surface area contributed by atoms with Gasteiger partial charge in [-0.15, -0.1) is 0 Å². The Bertz CT molecular complexity index is 470. The molecule has 1 aromatic rings. The monoisotopic (exact) mass is 300 g/mol.